The van der Waals surface area contributed by atoms with Crippen LogP contribution in [-0.2, 0) is 13.0 Å². The minimum Gasteiger partial charge on any atom is -0.349 e. The third kappa shape index (κ3) is 3.15. The summed E-state index contributed by atoms with van der Waals surface area (Å²) in [6.07, 6.45) is 2.51. The highest BCUT2D eigenvalue weighted by Gasteiger charge is 2.10. The normalized spacial score (nSPS) is 17.3. The molecule has 0 spiro atoms. The van der Waals surface area contributed by atoms with Crippen LogP contribution in [0.3, 0.4) is 0 Å². The predicted octanol–water partition coefficient (Wildman–Crippen LogP) is 1.96. The first-order chi connectivity index (χ1) is 8.72. The van der Waals surface area contributed by atoms with Crippen molar-refractivity contribution < 1.29 is 0 Å². The molecule has 1 N–H and O–H groups in total. The van der Waals surface area contributed by atoms with Crippen LogP contribution in [-0.4, -0.2) is 42.2 Å². The van der Waals surface area contributed by atoms with Crippen LogP contribution in [0.4, 0.5) is 0 Å². The largest absolute Gasteiger partial charge is 0.349 e. The molecule has 1 aromatic heterocycles. The van der Waals surface area contributed by atoms with E-state index in [9.17, 15) is 0 Å². The van der Waals surface area contributed by atoms with Crippen molar-refractivity contribution in [3.8, 4) is 0 Å². The maximum atomic E-state index is 3.41. The number of hydrogen-bond acceptors (Lipinski definition) is 2. The van der Waals surface area contributed by atoms with Crippen LogP contribution >= 0.6 is 0 Å². The van der Waals surface area contributed by atoms with E-state index < -0.39 is 0 Å². The van der Waals surface area contributed by atoms with Gasteiger partial charge in [-0.15, -0.1) is 0 Å². The first kappa shape index (κ1) is 13.6. The van der Waals surface area contributed by atoms with Crippen molar-refractivity contribution in [2.45, 2.75) is 40.2 Å². The van der Waals surface area contributed by atoms with Gasteiger partial charge in [0.2, 0.25) is 0 Å². The van der Waals surface area contributed by atoms with E-state index in [-0.39, 0.29) is 0 Å². The summed E-state index contributed by atoms with van der Waals surface area (Å²) in [7, 11) is 0. The van der Waals surface area contributed by atoms with Crippen molar-refractivity contribution >= 4 is 0 Å². The predicted molar refractivity (Wildman–Crippen MR) is 77.2 cm³/mol. The topological polar surface area (TPSA) is 20.2 Å². The lowest BCUT2D eigenvalue weighted by Crippen LogP contribution is -2.43. The third-order valence-corrected chi connectivity index (χ3v) is 4.12. The molecule has 0 aliphatic carbocycles. The fraction of sp³-hybridized carbons (Fsp3) is 0.733. The van der Waals surface area contributed by atoms with E-state index in [1.165, 1.54) is 43.9 Å². The molecule has 1 aliphatic heterocycles. The summed E-state index contributed by atoms with van der Waals surface area (Å²) >= 11 is 0. The van der Waals surface area contributed by atoms with Gasteiger partial charge in [0.1, 0.15) is 0 Å². The standard InChI is InChI=1S/C15H27N3/c1-4-18-13(2)12-15(14(18)3)6-5-9-17-10-7-16-8-11-17/h12,16H,4-11H2,1-3H3. The molecule has 102 valence electrons. The Morgan fingerprint density at radius 1 is 1.22 bits per heavy atom. The van der Waals surface area contributed by atoms with Gasteiger partial charge in [-0.05, 0) is 51.8 Å². The Bertz CT molecular complexity index is 375. The summed E-state index contributed by atoms with van der Waals surface area (Å²) in [5, 5.41) is 3.41. The summed E-state index contributed by atoms with van der Waals surface area (Å²) in [6.45, 7) is 13.8. The number of rotatable bonds is 5. The van der Waals surface area contributed by atoms with Crippen molar-refractivity contribution in [2.75, 3.05) is 32.7 Å². The second kappa shape index (κ2) is 6.39. The number of piperazine rings is 1. The highest BCUT2D eigenvalue weighted by molar-refractivity contribution is 5.26. The molecular weight excluding hydrogens is 222 g/mol. The van der Waals surface area contributed by atoms with E-state index in [1.54, 1.807) is 5.56 Å². The van der Waals surface area contributed by atoms with Crippen LogP contribution in [0.1, 0.15) is 30.3 Å². The molecule has 0 aromatic carbocycles. The average molecular weight is 249 g/mol. The molecule has 1 aromatic rings. The van der Waals surface area contributed by atoms with Gasteiger partial charge in [-0.3, -0.25) is 0 Å². The van der Waals surface area contributed by atoms with Crippen molar-refractivity contribution in [3.63, 3.8) is 0 Å². The zero-order chi connectivity index (χ0) is 13.0. The minimum absolute atomic E-state index is 1.09. The van der Waals surface area contributed by atoms with E-state index in [4.69, 9.17) is 0 Å². The lowest BCUT2D eigenvalue weighted by atomic mass is 10.1. The van der Waals surface area contributed by atoms with Crippen LogP contribution in [0.2, 0.25) is 0 Å². The summed E-state index contributed by atoms with van der Waals surface area (Å²) in [6, 6.07) is 2.37. The molecular formula is C15H27N3. The molecule has 1 aliphatic rings. The quantitative estimate of drug-likeness (QED) is 0.861. The Morgan fingerprint density at radius 3 is 2.56 bits per heavy atom. The van der Waals surface area contributed by atoms with Gasteiger partial charge in [0.15, 0.2) is 0 Å². The van der Waals surface area contributed by atoms with Gasteiger partial charge in [0.05, 0.1) is 0 Å². The number of nitrogens with zero attached hydrogens (tertiary/aromatic N) is 2. The minimum atomic E-state index is 1.09. The van der Waals surface area contributed by atoms with E-state index >= 15 is 0 Å². The molecule has 18 heavy (non-hydrogen) atoms. The Kier molecular flexibility index (Phi) is 4.84. The molecule has 0 bridgehead atoms. The zero-order valence-electron chi connectivity index (χ0n) is 12.1. The Morgan fingerprint density at radius 2 is 1.94 bits per heavy atom. The monoisotopic (exact) mass is 249 g/mol. The van der Waals surface area contributed by atoms with Gasteiger partial charge in [-0.25, -0.2) is 0 Å². The van der Waals surface area contributed by atoms with Gasteiger partial charge in [-0.1, -0.05) is 0 Å². The second-order valence-corrected chi connectivity index (χ2v) is 5.34. The third-order valence-electron chi connectivity index (χ3n) is 4.12. The molecule has 1 saturated heterocycles. The fourth-order valence-corrected chi connectivity index (χ4v) is 3.04. The Labute approximate surface area is 111 Å². The van der Waals surface area contributed by atoms with E-state index in [2.05, 4.69) is 41.6 Å². The summed E-state index contributed by atoms with van der Waals surface area (Å²) < 4.78 is 2.42. The van der Waals surface area contributed by atoms with Crippen LogP contribution in [0, 0.1) is 13.8 Å². The van der Waals surface area contributed by atoms with Gasteiger partial charge in [-0.2, -0.15) is 0 Å². The highest BCUT2D eigenvalue weighted by Crippen LogP contribution is 2.16. The van der Waals surface area contributed by atoms with E-state index in [1.807, 2.05) is 0 Å². The molecule has 1 fully saturated rings. The van der Waals surface area contributed by atoms with Crippen LogP contribution in [0.25, 0.3) is 0 Å². The van der Waals surface area contributed by atoms with Crippen molar-refractivity contribution in [2.24, 2.45) is 0 Å². The number of aryl methyl sites for hydroxylation is 2. The molecule has 2 heterocycles. The van der Waals surface area contributed by atoms with Gasteiger partial charge in [0, 0.05) is 44.1 Å². The summed E-state index contributed by atoms with van der Waals surface area (Å²) in [5.74, 6) is 0. The molecule has 0 amide bonds. The number of nitrogens with one attached hydrogen (secondary N) is 1. The maximum absolute atomic E-state index is 3.41. The lowest BCUT2D eigenvalue weighted by Gasteiger charge is -2.27. The van der Waals surface area contributed by atoms with Crippen LogP contribution in [0.5, 0.6) is 0 Å². The van der Waals surface area contributed by atoms with E-state index in [0.29, 0.717) is 0 Å². The average Bonchev–Trinajstić information content (AvgIpc) is 2.65. The number of aromatic nitrogens is 1. The zero-order valence-corrected chi connectivity index (χ0v) is 12.1. The van der Waals surface area contributed by atoms with Gasteiger partial charge in [0.25, 0.3) is 0 Å². The Hall–Kier alpha value is -0.800. The molecule has 0 unspecified atom stereocenters. The van der Waals surface area contributed by atoms with Gasteiger partial charge < -0.3 is 14.8 Å². The molecule has 0 radical (unpaired) electrons. The molecule has 3 nitrogen and oxygen atoms in total. The first-order valence-corrected chi connectivity index (χ1v) is 7.31. The first-order valence-electron chi connectivity index (χ1n) is 7.31. The van der Waals surface area contributed by atoms with Crippen molar-refractivity contribution in [3.05, 3.63) is 23.0 Å². The smallest absolute Gasteiger partial charge is 0.0196 e. The molecule has 0 saturated carbocycles. The SMILES string of the molecule is CCn1c(C)cc(CCCN2CCNCC2)c1C. The van der Waals surface area contributed by atoms with Crippen LogP contribution < -0.4 is 5.32 Å². The van der Waals surface area contributed by atoms with Gasteiger partial charge >= 0.3 is 0 Å². The highest BCUT2D eigenvalue weighted by atomic mass is 15.2. The maximum Gasteiger partial charge on any atom is 0.0196 e. The lowest BCUT2D eigenvalue weighted by molar-refractivity contribution is 0.238. The van der Waals surface area contributed by atoms with Crippen molar-refractivity contribution in [1.29, 1.82) is 0 Å². The Balaban J connectivity index is 1.82. The number of hydrogen-bond donors (Lipinski definition) is 1. The van der Waals surface area contributed by atoms with Crippen molar-refractivity contribution in [1.82, 2.24) is 14.8 Å². The van der Waals surface area contributed by atoms with E-state index in [0.717, 1.165) is 19.6 Å². The summed E-state index contributed by atoms with van der Waals surface area (Å²) in [4.78, 5) is 2.58. The molecule has 0 atom stereocenters. The molecule has 2 rings (SSSR count). The second-order valence-electron chi connectivity index (χ2n) is 5.34. The summed E-state index contributed by atoms with van der Waals surface area (Å²) in [5.41, 5.74) is 4.42. The van der Waals surface area contributed by atoms with Crippen LogP contribution in [0.15, 0.2) is 6.07 Å². The molecule has 3 heteroatoms. The fourth-order valence-electron chi connectivity index (χ4n) is 3.04.